The third kappa shape index (κ3) is 3.32. The van der Waals surface area contributed by atoms with Crippen molar-refractivity contribution in [3.05, 3.63) is 89.5 Å². The van der Waals surface area contributed by atoms with Crippen LogP contribution < -0.4 is 5.32 Å². The van der Waals surface area contributed by atoms with Gasteiger partial charge < -0.3 is 5.32 Å². The molecule has 0 aliphatic carbocycles. The molecule has 0 saturated carbocycles. The third-order valence-electron chi connectivity index (χ3n) is 3.94. The fourth-order valence-corrected chi connectivity index (χ4v) is 2.77. The van der Waals surface area contributed by atoms with E-state index >= 15 is 0 Å². The highest BCUT2D eigenvalue weighted by Crippen LogP contribution is 2.23. The summed E-state index contributed by atoms with van der Waals surface area (Å²) >= 11 is 0. The summed E-state index contributed by atoms with van der Waals surface area (Å²) in [6.07, 6.45) is 0. The molecule has 0 atom stereocenters. The number of hydrogen-bond acceptors (Lipinski definition) is 1. The quantitative estimate of drug-likeness (QED) is 0.705. The predicted molar refractivity (Wildman–Crippen MR) is 95.7 cm³/mol. The Morgan fingerprint density at radius 2 is 1.35 bits per heavy atom. The fraction of sp³-hybridized carbons (Fsp3) is 0.0952. The topological polar surface area (TPSA) is 29.1 Å². The Morgan fingerprint density at radius 1 is 0.739 bits per heavy atom. The van der Waals surface area contributed by atoms with Gasteiger partial charge >= 0.3 is 0 Å². The molecule has 0 aliphatic heterocycles. The summed E-state index contributed by atoms with van der Waals surface area (Å²) < 4.78 is 0. The van der Waals surface area contributed by atoms with Crippen LogP contribution in [0.2, 0.25) is 0 Å². The number of benzene rings is 3. The molecule has 0 fully saturated rings. The average molecular weight is 301 g/mol. The van der Waals surface area contributed by atoms with E-state index in [9.17, 15) is 4.79 Å². The van der Waals surface area contributed by atoms with Gasteiger partial charge in [-0.1, -0.05) is 60.7 Å². The normalized spacial score (nSPS) is 10.3. The van der Waals surface area contributed by atoms with Crippen LogP contribution >= 0.6 is 0 Å². The molecule has 1 N–H and O–H groups in total. The number of amides is 1. The first-order valence-corrected chi connectivity index (χ1v) is 7.68. The number of nitrogens with one attached hydrogen (secondary N) is 1. The Kier molecular flexibility index (Phi) is 4.24. The highest BCUT2D eigenvalue weighted by Gasteiger charge is 2.12. The highest BCUT2D eigenvalue weighted by atomic mass is 16.1. The largest absolute Gasteiger partial charge is 0.322 e. The van der Waals surface area contributed by atoms with Crippen LogP contribution in [-0.4, -0.2) is 5.91 Å². The first-order valence-electron chi connectivity index (χ1n) is 7.68. The van der Waals surface area contributed by atoms with Crippen molar-refractivity contribution in [2.45, 2.75) is 13.8 Å². The molecule has 0 radical (unpaired) electrons. The molecule has 23 heavy (non-hydrogen) atoms. The van der Waals surface area contributed by atoms with Crippen molar-refractivity contribution in [3.8, 4) is 11.1 Å². The summed E-state index contributed by atoms with van der Waals surface area (Å²) in [5.41, 5.74) is 5.75. The molecule has 0 saturated heterocycles. The van der Waals surface area contributed by atoms with E-state index in [1.165, 1.54) is 0 Å². The monoisotopic (exact) mass is 301 g/mol. The van der Waals surface area contributed by atoms with E-state index in [1.807, 2.05) is 74.5 Å². The lowest BCUT2D eigenvalue weighted by Gasteiger charge is -2.11. The minimum atomic E-state index is -0.0641. The molecule has 2 heteroatoms. The van der Waals surface area contributed by atoms with Gasteiger partial charge in [0.15, 0.2) is 0 Å². The molecule has 1 amide bonds. The lowest BCUT2D eigenvalue weighted by molar-refractivity contribution is 0.102. The van der Waals surface area contributed by atoms with Crippen molar-refractivity contribution >= 4 is 11.6 Å². The minimum absolute atomic E-state index is 0.0641. The molecular weight excluding hydrogens is 282 g/mol. The van der Waals surface area contributed by atoms with Gasteiger partial charge in [-0.3, -0.25) is 4.79 Å². The van der Waals surface area contributed by atoms with Gasteiger partial charge in [0.05, 0.1) is 0 Å². The maximum Gasteiger partial charge on any atom is 0.256 e. The second kappa shape index (κ2) is 6.49. The lowest BCUT2D eigenvalue weighted by atomic mass is 10.0. The zero-order valence-corrected chi connectivity index (χ0v) is 13.3. The average Bonchev–Trinajstić information content (AvgIpc) is 2.56. The Labute approximate surface area is 136 Å². The van der Waals surface area contributed by atoms with Gasteiger partial charge in [-0.05, 0) is 48.2 Å². The maximum absolute atomic E-state index is 12.6. The van der Waals surface area contributed by atoms with Crippen LogP contribution in [0.25, 0.3) is 11.1 Å². The van der Waals surface area contributed by atoms with Crippen LogP contribution in [0.15, 0.2) is 72.8 Å². The summed E-state index contributed by atoms with van der Waals surface area (Å²) in [5.74, 6) is -0.0641. The molecule has 0 heterocycles. The van der Waals surface area contributed by atoms with Crippen molar-refractivity contribution in [2.75, 3.05) is 5.32 Å². The Balaban J connectivity index is 1.88. The van der Waals surface area contributed by atoms with Crippen LogP contribution in [-0.2, 0) is 0 Å². The number of rotatable bonds is 3. The number of carbonyl (C=O) groups is 1. The lowest BCUT2D eigenvalue weighted by Crippen LogP contribution is -2.14. The first kappa shape index (κ1) is 15.0. The third-order valence-corrected chi connectivity index (χ3v) is 3.94. The smallest absolute Gasteiger partial charge is 0.256 e. The molecule has 0 unspecified atom stereocenters. The molecule has 3 rings (SSSR count). The van der Waals surface area contributed by atoms with Gasteiger partial charge in [-0.2, -0.15) is 0 Å². The molecule has 0 aromatic heterocycles. The standard InChI is InChI=1S/C21H19NO/c1-15-8-6-9-16(2)20(15)21(23)22-19-13-7-12-18(14-19)17-10-4-3-5-11-17/h3-14H,1-2H3,(H,22,23). The minimum Gasteiger partial charge on any atom is -0.322 e. The molecule has 0 aliphatic rings. The van der Waals surface area contributed by atoms with E-state index < -0.39 is 0 Å². The van der Waals surface area contributed by atoms with Crippen molar-refractivity contribution in [2.24, 2.45) is 0 Å². The van der Waals surface area contributed by atoms with Crippen LogP contribution in [0.1, 0.15) is 21.5 Å². The van der Waals surface area contributed by atoms with Crippen LogP contribution in [0.5, 0.6) is 0 Å². The SMILES string of the molecule is Cc1cccc(C)c1C(=O)Nc1cccc(-c2ccccc2)c1. The molecule has 3 aromatic carbocycles. The van der Waals surface area contributed by atoms with Gasteiger partial charge in [0.1, 0.15) is 0 Å². The molecule has 0 spiro atoms. The summed E-state index contributed by atoms with van der Waals surface area (Å²) in [4.78, 5) is 12.6. The zero-order valence-electron chi connectivity index (χ0n) is 13.3. The van der Waals surface area contributed by atoms with Crippen LogP contribution in [0.3, 0.4) is 0 Å². The second-order valence-electron chi connectivity index (χ2n) is 5.67. The predicted octanol–water partition coefficient (Wildman–Crippen LogP) is 5.22. The van der Waals surface area contributed by atoms with Gasteiger partial charge in [0.2, 0.25) is 0 Å². The van der Waals surface area contributed by atoms with Crippen molar-refractivity contribution in [3.63, 3.8) is 0 Å². The molecule has 114 valence electrons. The van der Waals surface area contributed by atoms with Crippen molar-refractivity contribution in [1.29, 1.82) is 0 Å². The van der Waals surface area contributed by atoms with Gasteiger partial charge in [0.25, 0.3) is 5.91 Å². The highest BCUT2D eigenvalue weighted by molar-refractivity contribution is 6.06. The van der Waals surface area contributed by atoms with Crippen LogP contribution in [0.4, 0.5) is 5.69 Å². The second-order valence-corrected chi connectivity index (χ2v) is 5.67. The van der Waals surface area contributed by atoms with Crippen LogP contribution in [0, 0.1) is 13.8 Å². The maximum atomic E-state index is 12.6. The Bertz CT molecular complexity index is 817. The van der Waals surface area contributed by atoms with Crippen molar-refractivity contribution in [1.82, 2.24) is 0 Å². The van der Waals surface area contributed by atoms with E-state index in [-0.39, 0.29) is 5.91 Å². The number of carbonyl (C=O) groups excluding carboxylic acids is 1. The van der Waals surface area contributed by atoms with E-state index in [4.69, 9.17) is 0 Å². The summed E-state index contributed by atoms with van der Waals surface area (Å²) in [5, 5.41) is 3.01. The summed E-state index contributed by atoms with van der Waals surface area (Å²) in [7, 11) is 0. The Hall–Kier alpha value is -2.87. The van der Waals surface area contributed by atoms with E-state index in [2.05, 4.69) is 17.4 Å². The van der Waals surface area contributed by atoms with E-state index in [0.29, 0.717) is 0 Å². The summed E-state index contributed by atoms with van der Waals surface area (Å²) in [6, 6.07) is 24.0. The van der Waals surface area contributed by atoms with E-state index in [0.717, 1.165) is 33.5 Å². The molecular formula is C21H19NO. The number of hydrogen-bond donors (Lipinski definition) is 1. The number of aryl methyl sites for hydroxylation is 2. The van der Waals surface area contributed by atoms with Gasteiger partial charge in [-0.15, -0.1) is 0 Å². The molecule has 0 bridgehead atoms. The zero-order chi connectivity index (χ0) is 16.2. The van der Waals surface area contributed by atoms with Gasteiger partial charge in [0, 0.05) is 11.3 Å². The fourth-order valence-electron chi connectivity index (χ4n) is 2.77. The number of anilines is 1. The first-order chi connectivity index (χ1) is 11.1. The molecule has 3 aromatic rings. The summed E-state index contributed by atoms with van der Waals surface area (Å²) in [6.45, 7) is 3.92. The van der Waals surface area contributed by atoms with Crippen molar-refractivity contribution < 1.29 is 4.79 Å². The van der Waals surface area contributed by atoms with Gasteiger partial charge in [-0.25, -0.2) is 0 Å². The molecule has 2 nitrogen and oxygen atoms in total. The van der Waals surface area contributed by atoms with E-state index in [1.54, 1.807) is 0 Å². The Morgan fingerprint density at radius 3 is 2.04 bits per heavy atom.